The van der Waals surface area contributed by atoms with Crippen LogP contribution in [0, 0.1) is 0 Å². The molecule has 1 aromatic carbocycles. The van der Waals surface area contributed by atoms with Gasteiger partial charge < -0.3 is 16.0 Å². The maximum Gasteiger partial charge on any atom is 0.248 e. The number of nitrogens with zero attached hydrogens (tertiary/aromatic N) is 1. The van der Waals surface area contributed by atoms with E-state index in [1.807, 2.05) is 36.2 Å². The molecule has 1 heterocycles. The van der Waals surface area contributed by atoms with Gasteiger partial charge in [-0.2, -0.15) is 0 Å². The zero-order valence-corrected chi connectivity index (χ0v) is 8.03. The zero-order valence-electron chi connectivity index (χ0n) is 8.03. The molecular weight excluding hydrogens is 178 g/mol. The minimum atomic E-state index is -0.259. The average Bonchev–Trinajstić information content (AvgIpc) is 2.18. The molecule has 1 atom stereocenters. The van der Waals surface area contributed by atoms with Gasteiger partial charge in [-0.1, -0.05) is 12.1 Å². The van der Waals surface area contributed by atoms with Gasteiger partial charge in [0.15, 0.2) is 0 Å². The first kappa shape index (κ1) is 9.02. The number of fused-ring (bicyclic) bond motifs is 1. The summed E-state index contributed by atoms with van der Waals surface area (Å²) in [5.41, 5.74) is 7.41. The Morgan fingerprint density at radius 3 is 2.93 bits per heavy atom. The number of hydrogen-bond donors (Lipinski definition) is 2. The predicted molar refractivity (Wildman–Crippen MR) is 56.3 cm³/mol. The number of rotatable bonds is 1. The maximum absolute atomic E-state index is 11.6. The molecule has 1 aromatic rings. The molecule has 0 aliphatic carbocycles. The normalized spacial score (nSPS) is 20.3. The lowest BCUT2D eigenvalue weighted by Crippen LogP contribution is -2.50. The highest BCUT2D eigenvalue weighted by Crippen LogP contribution is 2.29. The number of nitrogens with two attached hydrogens (primary N) is 1. The van der Waals surface area contributed by atoms with Crippen LogP contribution < -0.4 is 16.0 Å². The number of carbonyl (C=O) groups excluding carboxylic acids is 1. The van der Waals surface area contributed by atoms with Crippen LogP contribution >= 0.6 is 0 Å². The SMILES string of the molecule is CN1c2ccccc2NC(=O)C1CN. The molecule has 0 saturated carbocycles. The third-order valence-electron chi connectivity index (χ3n) is 2.54. The number of hydrogen-bond acceptors (Lipinski definition) is 3. The van der Waals surface area contributed by atoms with Gasteiger partial charge in [0, 0.05) is 13.6 Å². The highest BCUT2D eigenvalue weighted by Gasteiger charge is 2.28. The second-order valence-corrected chi connectivity index (χ2v) is 3.37. The van der Waals surface area contributed by atoms with Crippen molar-refractivity contribution < 1.29 is 4.79 Å². The van der Waals surface area contributed by atoms with Gasteiger partial charge in [0.25, 0.3) is 0 Å². The van der Waals surface area contributed by atoms with Crippen LogP contribution in [0.2, 0.25) is 0 Å². The van der Waals surface area contributed by atoms with E-state index in [1.54, 1.807) is 0 Å². The van der Waals surface area contributed by atoms with Crippen LogP contribution in [0.3, 0.4) is 0 Å². The highest BCUT2D eigenvalue weighted by molar-refractivity contribution is 6.03. The Kier molecular flexibility index (Phi) is 2.13. The molecule has 4 heteroatoms. The second-order valence-electron chi connectivity index (χ2n) is 3.37. The fourth-order valence-electron chi connectivity index (χ4n) is 1.71. The molecule has 14 heavy (non-hydrogen) atoms. The second kappa shape index (κ2) is 3.31. The van der Waals surface area contributed by atoms with Gasteiger partial charge in [0.1, 0.15) is 6.04 Å². The Bertz CT molecular complexity index is 364. The van der Waals surface area contributed by atoms with Crippen LogP contribution in [0.5, 0.6) is 0 Å². The first-order chi connectivity index (χ1) is 6.74. The third kappa shape index (κ3) is 1.24. The number of amides is 1. The van der Waals surface area contributed by atoms with E-state index in [4.69, 9.17) is 5.73 Å². The van der Waals surface area contributed by atoms with Crippen molar-refractivity contribution in [3.05, 3.63) is 24.3 Å². The van der Waals surface area contributed by atoms with Gasteiger partial charge in [-0.25, -0.2) is 0 Å². The quantitative estimate of drug-likeness (QED) is 0.675. The van der Waals surface area contributed by atoms with E-state index in [-0.39, 0.29) is 11.9 Å². The molecule has 1 amide bonds. The largest absolute Gasteiger partial charge is 0.360 e. The zero-order chi connectivity index (χ0) is 10.1. The number of carbonyl (C=O) groups is 1. The molecule has 1 aliphatic heterocycles. The van der Waals surface area contributed by atoms with E-state index in [0.29, 0.717) is 6.54 Å². The summed E-state index contributed by atoms with van der Waals surface area (Å²) in [6, 6.07) is 7.44. The van der Waals surface area contributed by atoms with Crippen molar-refractivity contribution in [2.75, 3.05) is 23.8 Å². The first-order valence-corrected chi connectivity index (χ1v) is 4.57. The standard InChI is InChI=1S/C10H13N3O/c1-13-8-5-3-2-4-7(8)12-10(14)9(13)6-11/h2-5,9H,6,11H2,1H3,(H,12,14). The van der Waals surface area contributed by atoms with Crippen molar-refractivity contribution in [1.29, 1.82) is 0 Å². The van der Waals surface area contributed by atoms with Gasteiger partial charge in [0.2, 0.25) is 5.91 Å². The topological polar surface area (TPSA) is 58.4 Å². The van der Waals surface area contributed by atoms with Gasteiger partial charge >= 0.3 is 0 Å². The lowest BCUT2D eigenvalue weighted by atomic mass is 10.1. The van der Waals surface area contributed by atoms with E-state index in [2.05, 4.69) is 5.32 Å². The molecule has 1 aliphatic rings. The molecule has 4 nitrogen and oxygen atoms in total. The summed E-state index contributed by atoms with van der Waals surface area (Å²) >= 11 is 0. The highest BCUT2D eigenvalue weighted by atomic mass is 16.2. The van der Waals surface area contributed by atoms with E-state index < -0.39 is 0 Å². The maximum atomic E-state index is 11.6. The molecule has 0 aromatic heterocycles. The first-order valence-electron chi connectivity index (χ1n) is 4.57. The number of likely N-dealkylation sites (N-methyl/N-ethyl adjacent to an activating group) is 1. The number of nitrogens with one attached hydrogen (secondary N) is 1. The minimum absolute atomic E-state index is 0.0336. The van der Waals surface area contributed by atoms with Crippen LogP contribution in [-0.2, 0) is 4.79 Å². The fourth-order valence-corrected chi connectivity index (χ4v) is 1.71. The Morgan fingerprint density at radius 2 is 2.21 bits per heavy atom. The van der Waals surface area contributed by atoms with Crippen molar-refractivity contribution >= 4 is 17.3 Å². The number of benzene rings is 1. The summed E-state index contributed by atoms with van der Waals surface area (Å²) < 4.78 is 0. The third-order valence-corrected chi connectivity index (χ3v) is 2.54. The lowest BCUT2D eigenvalue weighted by molar-refractivity contribution is -0.117. The van der Waals surface area contributed by atoms with Crippen LogP contribution in [-0.4, -0.2) is 25.5 Å². The Labute approximate surface area is 82.7 Å². The molecule has 0 spiro atoms. The molecule has 74 valence electrons. The fraction of sp³-hybridized carbons (Fsp3) is 0.300. The van der Waals surface area contributed by atoms with Crippen molar-refractivity contribution in [3.8, 4) is 0 Å². The van der Waals surface area contributed by atoms with Crippen molar-refractivity contribution in [2.45, 2.75) is 6.04 Å². The molecule has 2 rings (SSSR count). The minimum Gasteiger partial charge on any atom is -0.360 e. The summed E-state index contributed by atoms with van der Waals surface area (Å²) in [6.07, 6.45) is 0. The smallest absolute Gasteiger partial charge is 0.248 e. The molecule has 3 N–H and O–H groups in total. The van der Waals surface area contributed by atoms with Crippen LogP contribution in [0.25, 0.3) is 0 Å². The Hall–Kier alpha value is -1.55. The number of anilines is 2. The Balaban J connectivity index is 2.43. The van der Waals surface area contributed by atoms with Crippen molar-refractivity contribution in [3.63, 3.8) is 0 Å². The van der Waals surface area contributed by atoms with E-state index in [0.717, 1.165) is 11.4 Å². The monoisotopic (exact) mass is 191 g/mol. The van der Waals surface area contributed by atoms with Gasteiger partial charge in [-0.15, -0.1) is 0 Å². The van der Waals surface area contributed by atoms with E-state index in [9.17, 15) is 4.79 Å². The molecule has 0 bridgehead atoms. The molecule has 0 radical (unpaired) electrons. The lowest BCUT2D eigenvalue weighted by Gasteiger charge is -2.34. The van der Waals surface area contributed by atoms with Crippen LogP contribution in [0.1, 0.15) is 0 Å². The van der Waals surface area contributed by atoms with Crippen LogP contribution in [0.4, 0.5) is 11.4 Å². The molecule has 0 saturated heterocycles. The summed E-state index contributed by atoms with van der Waals surface area (Å²) in [4.78, 5) is 13.5. The van der Waals surface area contributed by atoms with Gasteiger partial charge in [0.05, 0.1) is 11.4 Å². The molecule has 1 unspecified atom stereocenters. The van der Waals surface area contributed by atoms with E-state index >= 15 is 0 Å². The molecular formula is C10H13N3O. The van der Waals surface area contributed by atoms with Gasteiger partial charge in [-0.05, 0) is 12.1 Å². The van der Waals surface area contributed by atoms with E-state index in [1.165, 1.54) is 0 Å². The van der Waals surface area contributed by atoms with Crippen molar-refractivity contribution in [1.82, 2.24) is 0 Å². The summed E-state index contributed by atoms with van der Waals surface area (Å²) in [7, 11) is 1.88. The predicted octanol–water partition coefficient (Wildman–Crippen LogP) is 0.402. The summed E-state index contributed by atoms with van der Waals surface area (Å²) in [5, 5.41) is 2.83. The number of para-hydroxylation sites is 2. The van der Waals surface area contributed by atoms with Gasteiger partial charge in [-0.3, -0.25) is 4.79 Å². The average molecular weight is 191 g/mol. The Morgan fingerprint density at radius 1 is 1.50 bits per heavy atom. The van der Waals surface area contributed by atoms with Crippen molar-refractivity contribution in [2.24, 2.45) is 5.73 Å². The molecule has 0 fully saturated rings. The van der Waals surface area contributed by atoms with Crippen LogP contribution in [0.15, 0.2) is 24.3 Å². The summed E-state index contributed by atoms with van der Waals surface area (Å²) in [5.74, 6) is -0.0336. The summed E-state index contributed by atoms with van der Waals surface area (Å²) in [6.45, 7) is 0.330.